The van der Waals surface area contributed by atoms with E-state index in [0.717, 1.165) is 19.3 Å². The number of aliphatic hydroxyl groups is 1. The zero-order chi connectivity index (χ0) is 15.5. The van der Waals surface area contributed by atoms with Gasteiger partial charge < -0.3 is 20.3 Å². The average Bonchev–Trinajstić information content (AvgIpc) is 2.96. The molecule has 21 heavy (non-hydrogen) atoms. The van der Waals surface area contributed by atoms with Crippen LogP contribution in [0.3, 0.4) is 0 Å². The van der Waals surface area contributed by atoms with Gasteiger partial charge in [-0.25, -0.2) is 4.79 Å². The van der Waals surface area contributed by atoms with Crippen LogP contribution in [0.5, 0.6) is 0 Å². The monoisotopic (exact) mass is 299 g/mol. The Labute approximate surface area is 124 Å². The second kappa shape index (κ2) is 6.75. The van der Waals surface area contributed by atoms with Gasteiger partial charge in [0.1, 0.15) is 6.10 Å². The molecule has 1 aliphatic heterocycles. The molecule has 2 fully saturated rings. The normalized spacial score (nSPS) is 36.4. The third-order valence-corrected chi connectivity index (χ3v) is 4.79. The van der Waals surface area contributed by atoms with Crippen molar-refractivity contribution in [3.8, 4) is 0 Å². The number of hydrogen-bond donors (Lipinski definition) is 3. The molecule has 0 radical (unpaired) electrons. The van der Waals surface area contributed by atoms with Crippen molar-refractivity contribution in [2.24, 2.45) is 5.92 Å². The first kappa shape index (κ1) is 16.2. The molecule has 1 heterocycles. The van der Waals surface area contributed by atoms with E-state index in [1.165, 1.54) is 0 Å². The number of nitrogens with one attached hydrogen (secondary N) is 1. The summed E-state index contributed by atoms with van der Waals surface area (Å²) >= 11 is 0. The Morgan fingerprint density at radius 3 is 2.33 bits per heavy atom. The molecule has 0 aromatic heterocycles. The van der Waals surface area contributed by atoms with E-state index >= 15 is 0 Å². The maximum absolute atomic E-state index is 12.0. The van der Waals surface area contributed by atoms with Crippen molar-refractivity contribution in [1.29, 1.82) is 0 Å². The highest BCUT2D eigenvalue weighted by atomic mass is 16.5. The second-order valence-corrected chi connectivity index (χ2v) is 6.32. The van der Waals surface area contributed by atoms with Crippen molar-refractivity contribution in [1.82, 2.24) is 5.32 Å². The number of rotatable bonds is 5. The molecule has 1 saturated carbocycles. The summed E-state index contributed by atoms with van der Waals surface area (Å²) in [4.78, 5) is 22.8. The van der Waals surface area contributed by atoms with Gasteiger partial charge in [0.15, 0.2) is 6.10 Å². The van der Waals surface area contributed by atoms with Crippen LogP contribution in [-0.4, -0.2) is 46.4 Å². The van der Waals surface area contributed by atoms with Crippen molar-refractivity contribution >= 4 is 11.9 Å². The van der Waals surface area contributed by atoms with E-state index in [1.807, 2.05) is 0 Å². The van der Waals surface area contributed by atoms with Crippen LogP contribution < -0.4 is 5.32 Å². The summed E-state index contributed by atoms with van der Waals surface area (Å²) in [5.41, 5.74) is -0.827. The molecule has 120 valence electrons. The highest BCUT2D eigenvalue weighted by molar-refractivity contribution is 5.82. The molecule has 2 aliphatic rings. The molecule has 0 bridgehead atoms. The number of amides is 1. The van der Waals surface area contributed by atoms with E-state index in [9.17, 15) is 14.7 Å². The van der Waals surface area contributed by atoms with Crippen LogP contribution in [0, 0.1) is 5.92 Å². The van der Waals surface area contributed by atoms with Crippen molar-refractivity contribution in [3.05, 3.63) is 0 Å². The zero-order valence-corrected chi connectivity index (χ0v) is 12.5. The molecule has 1 aliphatic carbocycles. The van der Waals surface area contributed by atoms with Gasteiger partial charge in [-0.1, -0.05) is 13.3 Å². The van der Waals surface area contributed by atoms with Crippen molar-refractivity contribution in [2.45, 2.75) is 69.7 Å². The van der Waals surface area contributed by atoms with Crippen LogP contribution in [0.1, 0.15) is 51.9 Å². The minimum atomic E-state index is -1.03. The molecule has 6 nitrogen and oxygen atoms in total. The highest BCUT2D eigenvalue weighted by Crippen LogP contribution is 2.33. The fourth-order valence-electron chi connectivity index (χ4n) is 3.18. The summed E-state index contributed by atoms with van der Waals surface area (Å²) in [5.74, 6) is -0.665. The van der Waals surface area contributed by atoms with Crippen LogP contribution in [0.15, 0.2) is 0 Å². The molecule has 2 atom stereocenters. The quantitative estimate of drug-likeness (QED) is 0.705. The molecule has 1 amide bonds. The number of aliphatic carboxylic acids is 1. The fourth-order valence-corrected chi connectivity index (χ4v) is 3.18. The zero-order valence-electron chi connectivity index (χ0n) is 12.5. The first-order chi connectivity index (χ1) is 9.93. The lowest BCUT2D eigenvalue weighted by atomic mass is 9.78. The summed E-state index contributed by atoms with van der Waals surface area (Å²) in [5, 5.41) is 22.0. The largest absolute Gasteiger partial charge is 0.479 e. The summed E-state index contributed by atoms with van der Waals surface area (Å²) in [6, 6.07) is 0. The molecule has 6 heteroatoms. The van der Waals surface area contributed by atoms with E-state index in [-0.39, 0.29) is 12.5 Å². The van der Waals surface area contributed by atoms with Crippen LogP contribution in [-0.2, 0) is 14.3 Å². The number of carboxylic acid groups (broad SMARTS) is 1. The molecule has 1 saturated heterocycles. The summed E-state index contributed by atoms with van der Waals surface area (Å²) in [6.45, 7) is 2.38. The Morgan fingerprint density at radius 2 is 1.81 bits per heavy atom. The Morgan fingerprint density at radius 1 is 1.19 bits per heavy atom. The first-order valence-corrected chi connectivity index (χ1v) is 7.82. The topological polar surface area (TPSA) is 95.9 Å². The standard InChI is InChI=1S/C15H25NO5/c1-2-10-5-7-15(20,8-6-10)9-16-13(17)11-3-4-12(21-11)14(18)19/h10-12,20H,2-9H2,1H3,(H,16,17)(H,18,19)/t10?,11-,12+,15?/m0/s1. The lowest BCUT2D eigenvalue weighted by Gasteiger charge is -2.36. The van der Waals surface area contributed by atoms with E-state index in [1.54, 1.807) is 0 Å². The Balaban J connectivity index is 1.75. The number of ether oxygens (including phenoxy) is 1. The smallest absolute Gasteiger partial charge is 0.332 e. The molecular formula is C15H25NO5. The Kier molecular flexibility index (Phi) is 5.22. The van der Waals surface area contributed by atoms with Crippen LogP contribution in [0.25, 0.3) is 0 Å². The molecular weight excluding hydrogens is 274 g/mol. The van der Waals surface area contributed by atoms with Gasteiger partial charge in [0.25, 0.3) is 0 Å². The third kappa shape index (κ3) is 4.17. The van der Waals surface area contributed by atoms with E-state index in [0.29, 0.717) is 31.6 Å². The van der Waals surface area contributed by atoms with Gasteiger partial charge in [-0.2, -0.15) is 0 Å². The number of carboxylic acids is 1. The minimum Gasteiger partial charge on any atom is -0.479 e. The predicted molar refractivity (Wildman–Crippen MR) is 75.7 cm³/mol. The van der Waals surface area contributed by atoms with Gasteiger partial charge in [-0.3, -0.25) is 4.79 Å². The molecule has 2 rings (SSSR count). The van der Waals surface area contributed by atoms with Gasteiger partial charge in [0.05, 0.1) is 5.60 Å². The molecule has 0 aromatic rings. The third-order valence-electron chi connectivity index (χ3n) is 4.79. The Hall–Kier alpha value is -1.14. The van der Waals surface area contributed by atoms with Crippen LogP contribution in [0.4, 0.5) is 0 Å². The molecule has 0 unspecified atom stereocenters. The van der Waals surface area contributed by atoms with Gasteiger partial charge in [0.2, 0.25) is 5.91 Å². The van der Waals surface area contributed by atoms with Gasteiger partial charge in [0, 0.05) is 6.54 Å². The predicted octanol–water partition coefficient (Wildman–Crippen LogP) is 1.07. The summed E-state index contributed by atoms with van der Waals surface area (Å²) in [7, 11) is 0. The van der Waals surface area contributed by atoms with Crippen LogP contribution in [0.2, 0.25) is 0 Å². The van der Waals surface area contributed by atoms with Crippen molar-refractivity contribution in [2.75, 3.05) is 6.54 Å². The lowest BCUT2D eigenvalue weighted by Crippen LogP contribution is -2.47. The van der Waals surface area contributed by atoms with Gasteiger partial charge in [-0.05, 0) is 44.4 Å². The van der Waals surface area contributed by atoms with E-state index in [4.69, 9.17) is 9.84 Å². The number of carbonyl (C=O) groups is 2. The van der Waals surface area contributed by atoms with E-state index in [2.05, 4.69) is 12.2 Å². The number of hydrogen-bond acceptors (Lipinski definition) is 4. The maximum atomic E-state index is 12.0. The minimum absolute atomic E-state index is 0.222. The maximum Gasteiger partial charge on any atom is 0.332 e. The first-order valence-electron chi connectivity index (χ1n) is 7.82. The lowest BCUT2D eigenvalue weighted by molar-refractivity contribution is -0.152. The fraction of sp³-hybridized carbons (Fsp3) is 0.867. The molecule has 3 N–H and O–H groups in total. The summed E-state index contributed by atoms with van der Waals surface area (Å²) < 4.78 is 5.20. The van der Waals surface area contributed by atoms with Gasteiger partial charge >= 0.3 is 5.97 Å². The van der Waals surface area contributed by atoms with Crippen LogP contribution >= 0.6 is 0 Å². The SMILES string of the molecule is CCC1CCC(O)(CNC(=O)[C@@H]2CC[C@H](C(=O)O)O2)CC1. The van der Waals surface area contributed by atoms with Crippen molar-refractivity contribution in [3.63, 3.8) is 0 Å². The van der Waals surface area contributed by atoms with Gasteiger partial charge in [-0.15, -0.1) is 0 Å². The van der Waals surface area contributed by atoms with E-state index < -0.39 is 23.8 Å². The highest BCUT2D eigenvalue weighted by Gasteiger charge is 2.37. The van der Waals surface area contributed by atoms with Crippen molar-refractivity contribution < 1.29 is 24.5 Å². The Bertz CT molecular complexity index is 390. The number of carbonyl (C=O) groups excluding carboxylic acids is 1. The second-order valence-electron chi connectivity index (χ2n) is 6.32. The molecule has 0 spiro atoms. The summed E-state index contributed by atoms with van der Waals surface area (Å²) in [6.07, 6.45) is 3.70. The molecule has 0 aromatic carbocycles. The average molecular weight is 299 g/mol.